The van der Waals surface area contributed by atoms with Gasteiger partial charge < -0.3 is 30.3 Å². The van der Waals surface area contributed by atoms with Crippen molar-refractivity contribution in [2.45, 2.75) is 103 Å². The van der Waals surface area contributed by atoms with Crippen LogP contribution in [0.5, 0.6) is 0 Å². The predicted molar refractivity (Wildman–Crippen MR) is 179 cm³/mol. The monoisotopic (exact) mass is 667 g/mol. The molecule has 1 fully saturated rings. The standard InChI is InChI=1S/C33H57N5O7S/c1-9-22(4)30(37(6)33(41)29(34)21(2)3)27(44-7)19-28(39)38-17-13-16-26(38)31(45-8)23(5)32(40)36-25(20-46(35,42)43)18-24-14-11-10-12-15-24/h10-12,14-15,21-23,25-27,29-31H,9,13,16-20,34H2,1-8H3,(H,36,40)(H2,35,42,43)/t22-,23+,25?,26?,27+,29?,30-,31+/m0/s1. The predicted octanol–water partition coefficient (Wildman–Crippen LogP) is 1.91. The van der Waals surface area contributed by atoms with Crippen LogP contribution in [-0.4, -0.2) is 106 Å². The number of nitrogens with one attached hydrogen (secondary N) is 1. The molecule has 13 heteroatoms. The van der Waals surface area contributed by atoms with E-state index < -0.39 is 46.0 Å². The summed E-state index contributed by atoms with van der Waals surface area (Å²) in [5.41, 5.74) is 7.07. The first-order valence-corrected chi connectivity index (χ1v) is 18.0. The third-order valence-corrected chi connectivity index (χ3v) is 10.2. The van der Waals surface area contributed by atoms with E-state index in [4.69, 9.17) is 20.3 Å². The molecular weight excluding hydrogens is 610 g/mol. The molecule has 1 aliphatic rings. The van der Waals surface area contributed by atoms with Crippen LogP contribution in [0.3, 0.4) is 0 Å². The molecule has 1 heterocycles. The van der Waals surface area contributed by atoms with Gasteiger partial charge in [0.1, 0.15) is 0 Å². The number of carbonyl (C=O) groups excluding carboxylic acids is 3. The van der Waals surface area contributed by atoms with Gasteiger partial charge in [0.15, 0.2) is 0 Å². The molecular formula is C33H57N5O7S. The summed E-state index contributed by atoms with van der Waals surface area (Å²) in [4.78, 5) is 44.1. The van der Waals surface area contributed by atoms with Gasteiger partial charge in [0.05, 0.1) is 48.4 Å². The van der Waals surface area contributed by atoms with Crippen molar-refractivity contribution >= 4 is 27.7 Å². The van der Waals surface area contributed by atoms with Gasteiger partial charge in [-0.2, -0.15) is 0 Å². The summed E-state index contributed by atoms with van der Waals surface area (Å²) in [6.45, 7) is 10.1. The van der Waals surface area contributed by atoms with Crippen LogP contribution in [-0.2, 0) is 40.3 Å². The number of sulfonamides is 1. The van der Waals surface area contributed by atoms with Gasteiger partial charge in [-0.05, 0) is 36.7 Å². The van der Waals surface area contributed by atoms with Crippen molar-refractivity contribution in [2.75, 3.05) is 33.6 Å². The smallest absolute Gasteiger partial charge is 0.239 e. The van der Waals surface area contributed by atoms with E-state index in [0.717, 1.165) is 18.4 Å². The Morgan fingerprint density at radius 3 is 2.24 bits per heavy atom. The largest absolute Gasteiger partial charge is 0.379 e. The molecule has 0 radical (unpaired) electrons. The molecule has 1 aliphatic heterocycles. The third kappa shape index (κ3) is 11.0. The summed E-state index contributed by atoms with van der Waals surface area (Å²) in [6.07, 6.45) is 1.27. The zero-order valence-electron chi connectivity index (χ0n) is 28.8. The fourth-order valence-corrected chi connectivity index (χ4v) is 7.25. The first-order chi connectivity index (χ1) is 21.6. The number of rotatable bonds is 18. The summed E-state index contributed by atoms with van der Waals surface area (Å²) in [5.74, 6) is -1.85. The van der Waals surface area contributed by atoms with Crippen LogP contribution < -0.4 is 16.2 Å². The number of ether oxygens (including phenoxy) is 2. The topological polar surface area (TPSA) is 174 Å². The van der Waals surface area contributed by atoms with Gasteiger partial charge in [0.2, 0.25) is 27.7 Å². The lowest BCUT2D eigenvalue weighted by atomic mass is 9.89. The second kappa shape index (κ2) is 18.1. The Balaban J connectivity index is 2.23. The number of benzene rings is 1. The van der Waals surface area contributed by atoms with Crippen LogP contribution in [0, 0.1) is 17.8 Å². The first kappa shape index (κ1) is 39.6. The van der Waals surface area contributed by atoms with Crippen molar-refractivity contribution in [3.8, 4) is 0 Å². The van der Waals surface area contributed by atoms with Gasteiger partial charge in [-0.1, -0.05) is 71.4 Å². The number of primary sulfonamides is 1. The van der Waals surface area contributed by atoms with E-state index in [2.05, 4.69) is 5.32 Å². The minimum atomic E-state index is -3.87. The number of nitrogens with zero attached hydrogens (tertiary/aromatic N) is 2. The minimum Gasteiger partial charge on any atom is -0.379 e. The SMILES string of the molecule is CC[C@H](C)[C@@H]([C@@H](CC(=O)N1CCCC1[C@H](OC)[C@@H](C)C(=O)NC(Cc1ccccc1)CS(N)(=O)=O)OC)N(C)C(=O)C(N)C(C)C. The molecule has 3 unspecified atom stereocenters. The van der Waals surface area contributed by atoms with E-state index >= 15 is 0 Å². The molecule has 5 N–H and O–H groups in total. The number of likely N-dealkylation sites (tertiary alicyclic amines) is 1. The average molecular weight is 668 g/mol. The summed E-state index contributed by atoms with van der Waals surface area (Å²) >= 11 is 0. The van der Waals surface area contributed by atoms with Gasteiger partial charge >= 0.3 is 0 Å². The number of carbonyl (C=O) groups is 3. The van der Waals surface area contributed by atoms with Crippen LogP contribution in [0.15, 0.2) is 30.3 Å². The van der Waals surface area contributed by atoms with Gasteiger partial charge in [-0.25, -0.2) is 13.6 Å². The zero-order chi connectivity index (χ0) is 34.8. The normalized spacial score (nSPS) is 20.0. The Morgan fingerprint density at radius 2 is 1.72 bits per heavy atom. The number of likely N-dealkylation sites (N-methyl/N-ethyl adjacent to an activating group) is 1. The Morgan fingerprint density at radius 1 is 1.09 bits per heavy atom. The number of amides is 3. The van der Waals surface area contributed by atoms with E-state index in [-0.39, 0.29) is 54.5 Å². The number of methoxy groups -OCH3 is 2. The molecule has 1 saturated heterocycles. The lowest BCUT2D eigenvalue weighted by Gasteiger charge is -2.40. The Bertz CT molecular complexity index is 1230. The molecule has 3 amide bonds. The maximum Gasteiger partial charge on any atom is 0.239 e. The molecule has 2 rings (SSSR count). The van der Waals surface area contributed by atoms with Crippen molar-refractivity contribution in [3.05, 3.63) is 35.9 Å². The van der Waals surface area contributed by atoms with Crippen LogP contribution >= 0.6 is 0 Å². The van der Waals surface area contributed by atoms with E-state index in [9.17, 15) is 22.8 Å². The molecule has 0 aliphatic carbocycles. The summed E-state index contributed by atoms with van der Waals surface area (Å²) in [7, 11) is 0.912. The van der Waals surface area contributed by atoms with Gasteiger partial charge in [-0.3, -0.25) is 14.4 Å². The fourth-order valence-electron chi connectivity index (χ4n) is 6.49. The van der Waals surface area contributed by atoms with E-state index in [1.807, 2.05) is 58.0 Å². The molecule has 0 bridgehead atoms. The Labute approximate surface area is 276 Å². The Kier molecular flexibility index (Phi) is 15.6. The molecule has 8 atom stereocenters. The molecule has 262 valence electrons. The summed E-state index contributed by atoms with van der Waals surface area (Å²) in [6, 6.07) is 7.10. The maximum atomic E-state index is 13.9. The minimum absolute atomic E-state index is 0.0389. The lowest BCUT2D eigenvalue weighted by molar-refractivity contribution is -0.146. The highest BCUT2D eigenvalue weighted by Gasteiger charge is 2.42. The highest BCUT2D eigenvalue weighted by Crippen LogP contribution is 2.29. The third-order valence-electron chi connectivity index (χ3n) is 9.37. The van der Waals surface area contributed by atoms with Crippen molar-refractivity contribution in [3.63, 3.8) is 0 Å². The number of hydrogen-bond acceptors (Lipinski definition) is 8. The van der Waals surface area contributed by atoms with Gasteiger partial charge in [0, 0.05) is 33.9 Å². The van der Waals surface area contributed by atoms with Crippen LogP contribution in [0.25, 0.3) is 0 Å². The molecule has 0 spiro atoms. The quantitative estimate of drug-likeness (QED) is 0.213. The lowest BCUT2D eigenvalue weighted by Crippen LogP contribution is -2.56. The number of hydrogen-bond donors (Lipinski definition) is 3. The highest BCUT2D eigenvalue weighted by atomic mass is 32.2. The fraction of sp³-hybridized carbons (Fsp3) is 0.727. The van der Waals surface area contributed by atoms with Crippen LogP contribution in [0.2, 0.25) is 0 Å². The Hall–Kier alpha value is -2.58. The van der Waals surface area contributed by atoms with Crippen molar-refractivity contribution in [2.24, 2.45) is 28.6 Å². The average Bonchev–Trinajstić information content (AvgIpc) is 3.49. The van der Waals surface area contributed by atoms with Crippen molar-refractivity contribution in [1.29, 1.82) is 0 Å². The van der Waals surface area contributed by atoms with Crippen LogP contribution in [0.1, 0.15) is 65.9 Å². The molecule has 1 aromatic carbocycles. The summed E-state index contributed by atoms with van der Waals surface area (Å²) < 4.78 is 35.7. The maximum absolute atomic E-state index is 13.9. The summed E-state index contributed by atoms with van der Waals surface area (Å²) in [5, 5.41) is 8.23. The molecule has 46 heavy (non-hydrogen) atoms. The molecule has 0 aromatic heterocycles. The second-order valence-electron chi connectivity index (χ2n) is 13.1. The van der Waals surface area contributed by atoms with E-state index in [1.165, 1.54) is 7.11 Å². The van der Waals surface area contributed by atoms with E-state index in [1.54, 1.807) is 30.9 Å². The molecule has 12 nitrogen and oxygen atoms in total. The first-order valence-electron chi connectivity index (χ1n) is 16.3. The second-order valence-corrected chi connectivity index (χ2v) is 14.7. The van der Waals surface area contributed by atoms with Gasteiger partial charge in [0.25, 0.3) is 0 Å². The van der Waals surface area contributed by atoms with Crippen molar-refractivity contribution in [1.82, 2.24) is 15.1 Å². The molecule has 1 aromatic rings. The molecule has 0 saturated carbocycles. The highest BCUT2D eigenvalue weighted by molar-refractivity contribution is 7.89. The zero-order valence-corrected chi connectivity index (χ0v) is 29.7. The van der Waals surface area contributed by atoms with E-state index in [0.29, 0.717) is 13.0 Å². The number of nitrogens with two attached hydrogens (primary N) is 2. The van der Waals surface area contributed by atoms with Crippen LogP contribution in [0.4, 0.5) is 0 Å². The van der Waals surface area contributed by atoms with Crippen molar-refractivity contribution < 1.29 is 32.3 Å². The van der Waals surface area contributed by atoms with Gasteiger partial charge in [-0.15, -0.1) is 0 Å².